The number of carbonyl (C=O) groups excluding carboxylic acids is 1. The van der Waals surface area contributed by atoms with Gasteiger partial charge in [0.05, 0.1) is 12.0 Å². The van der Waals surface area contributed by atoms with Gasteiger partial charge in [0.2, 0.25) is 15.9 Å². The molecule has 2 aromatic rings. The van der Waals surface area contributed by atoms with Crippen LogP contribution in [0.25, 0.3) is 0 Å². The first kappa shape index (κ1) is 20.2. The molecule has 6 nitrogen and oxygen atoms in total. The van der Waals surface area contributed by atoms with E-state index in [1.165, 1.54) is 11.4 Å². The van der Waals surface area contributed by atoms with Crippen molar-refractivity contribution in [3.63, 3.8) is 0 Å². The highest BCUT2D eigenvalue weighted by molar-refractivity contribution is 7.89. The van der Waals surface area contributed by atoms with Gasteiger partial charge in [-0.15, -0.1) is 0 Å². The zero-order valence-corrected chi connectivity index (χ0v) is 16.0. The summed E-state index contributed by atoms with van der Waals surface area (Å²) < 4.78 is 58.0. The molecule has 9 heteroatoms. The van der Waals surface area contributed by atoms with Gasteiger partial charge in [0.25, 0.3) is 0 Å². The second kappa shape index (κ2) is 8.24. The Kier molecular flexibility index (Phi) is 5.95. The number of carbonyl (C=O) groups is 1. The quantitative estimate of drug-likeness (QED) is 0.822. The third kappa shape index (κ3) is 4.31. The molecular formula is C19H20F2N2O4S. The molecule has 1 fully saturated rings. The lowest BCUT2D eigenvalue weighted by molar-refractivity contribution is -0.120. The van der Waals surface area contributed by atoms with Crippen molar-refractivity contribution in [2.45, 2.75) is 17.7 Å². The predicted octanol–water partition coefficient (Wildman–Crippen LogP) is 3.01. The smallest absolute Gasteiger partial charge is 0.243 e. The maximum Gasteiger partial charge on any atom is 0.243 e. The summed E-state index contributed by atoms with van der Waals surface area (Å²) in [5.41, 5.74) is 0.598. The maximum absolute atomic E-state index is 13.4. The molecule has 1 aliphatic heterocycles. The van der Waals surface area contributed by atoms with Crippen LogP contribution in [0.2, 0.25) is 0 Å². The number of halogens is 2. The topological polar surface area (TPSA) is 75.7 Å². The fourth-order valence-corrected chi connectivity index (χ4v) is 4.57. The average molecular weight is 410 g/mol. The number of piperidine rings is 1. The van der Waals surface area contributed by atoms with Crippen molar-refractivity contribution >= 4 is 21.6 Å². The largest absolute Gasteiger partial charge is 0.497 e. The van der Waals surface area contributed by atoms with Crippen LogP contribution in [0.15, 0.2) is 47.4 Å². The Hall–Kier alpha value is -2.52. The molecule has 150 valence electrons. The van der Waals surface area contributed by atoms with E-state index >= 15 is 0 Å². The number of amides is 1. The highest BCUT2D eigenvalue weighted by Crippen LogP contribution is 2.26. The van der Waals surface area contributed by atoms with Crippen LogP contribution in [0, 0.1) is 17.6 Å². The average Bonchev–Trinajstić information content (AvgIpc) is 2.70. The van der Waals surface area contributed by atoms with Crippen LogP contribution in [-0.4, -0.2) is 38.8 Å². The first-order chi connectivity index (χ1) is 13.3. The molecule has 0 atom stereocenters. The second-order valence-corrected chi connectivity index (χ2v) is 8.41. The molecule has 0 aliphatic carbocycles. The van der Waals surface area contributed by atoms with Crippen LogP contribution in [-0.2, 0) is 14.8 Å². The van der Waals surface area contributed by atoms with Gasteiger partial charge in [-0.25, -0.2) is 17.2 Å². The van der Waals surface area contributed by atoms with E-state index in [0.29, 0.717) is 30.3 Å². The minimum Gasteiger partial charge on any atom is -0.497 e. The van der Waals surface area contributed by atoms with Gasteiger partial charge in [-0.05, 0) is 43.2 Å². The Bertz CT molecular complexity index is 974. The number of sulfonamides is 1. The minimum absolute atomic E-state index is 0.123. The zero-order chi connectivity index (χ0) is 20.3. The Labute approximate surface area is 162 Å². The number of anilines is 1. The first-order valence-electron chi connectivity index (χ1n) is 8.71. The van der Waals surface area contributed by atoms with Gasteiger partial charge < -0.3 is 10.1 Å². The van der Waals surface area contributed by atoms with Crippen molar-refractivity contribution in [3.05, 3.63) is 54.1 Å². The van der Waals surface area contributed by atoms with Crippen LogP contribution in [0.5, 0.6) is 5.75 Å². The highest BCUT2D eigenvalue weighted by Gasteiger charge is 2.32. The molecule has 1 saturated heterocycles. The number of ether oxygens (including phenoxy) is 1. The number of hydrogen-bond acceptors (Lipinski definition) is 4. The van der Waals surface area contributed by atoms with E-state index in [1.807, 2.05) is 0 Å². The summed E-state index contributed by atoms with van der Waals surface area (Å²) in [4.78, 5) is 12.2. The molecule has 1 heterocycles. The predicted molar refractivity (Wildman–Crippen MR) is 99.5 cm³/mol. The van der Waals surface area contributed by atoms with Crippen molar-refractivity contribution in [2.24, 2.45) is 5.92 Å². The summed E-state index contributed by atoms with van der Waals surface area (Å²) in [7, 11) is -2.41. The first-order valence-corrected chi connectivity index (χ1v) is 10.2. The molecule has 1 N–H and O–H groups in total. The molecule has 2 aromatic carbocycles. The number of hydrogen-bond donors (Lipinski definition) is 1. The number of benzene rings is 2. The van der Waals surface area contributed by atoms with Gasteiger partial charge in [0.1, 0.15) is 5.75 Å². The van der Waals surface area contributed by atoms with Gasteiger partial charge in [-0.2, -0.15) is 4.31 Å². The van der Waals surface area contributed by atoms with Crippen LogP contribution in [0.3, 0.4) is 0 Å². The van der Waals surface area contributed by atoms with Gasteiger partial charge in [-0.1, -0.05) is 6.07 Å². The lowest BCUT2D eigenvalue weighted by atomic mass is 9.97. The summed E-state index contributed by atoms with van der Waals surface area (Å²) >= 11 is 0. The number of nitrogens with zero attached hydrogens (tertiary/aromatic N) is 1. The van der Waals surface area contributed by atoms with Crippen molar-refractivity contribution in [1.82, 2.24) is 4.31 Å². The summed E-state index contributed by atoms with van der Waals surface area (Å²) in [6.07, 6.45) is 0.664. The summed E-state index contributed by atoms with van der Waals surface area (Å²) in [5.74, 6) is -2.24. The molecule has 0 aromatic heterocycles. The van der Waals surface area contributed by atoms with Crippen LogP contribution in [0.4, 0.5) is 14.5 Å². The SMILES string of the molecule is COc1cccc(NC(=O)C2CCN(S(=O)(=O)c3ccc(F)c(F)c3)CC2)c1. The van der Waals surface area contributed by atoms with E-state index in [1.54, 1.807) is 24.3 Å². The number of methoxy groups -OCH3 is 1. The Balaban J connectivity index is 1.63. The van der Waals surface area contributed by atoms with Gasteiger partial charge in [0, 0.05) is 30.8 Å². The molecule has 0 unspecified atom stereocenters. The molecule has 0 spiro atoms. The molecule has 0 radical (unpaired) electrons. The van der Waals surface area contributed by atoms with E-state index < -0.39 is 21.7 Å². The van der Waals surface area contributed by atoms with Crippen LogP contribution >= 0.6 is 0 Å². The van der Waals surface area contributed by atoms with Gasteiger partial charge in [0.15, 0.2) is 11.6 Å². The molecule has 3 rings (SSSR count). The standard InChI is InChI=1S/C19H20F2N2O4S/c1-27-15-4-2-3-14(11-15)22-19(24)13-7-9-23(10-8-13)28(25,26)16-5-6-17(20)18(21)12-16/h2-6,11-13H,7-10H2,1H3,(H,22,24). The molecule has 0 saturated carbocycles. The van der Waals surface area contributed by atoms with E-state index in [9.17, 15) is 22.0 Å². The van der Waals surface area contributed by atoms with Crippen LogP contribution in [0.1, 0.15) is 12.8 Å². The third-order valence-corrected chi connectivity index (χ3v) is 6.59. The lowest BCUT2D eigenvalue weighted by Crippen LogP contribution is -2.41. The monoisotopic (exact) mass is 410 g/mol. The van der Waals surface area contributed by atoms with Crippen molar-refractivity contribution in [3.8, 4) is 5.75 Å². The van der Waals surface area contributed by atoms with E-state index in [2.05, 4.69) is 5.32 Å². The number of nitrogens with one attached hydrogen (secondary N) is 1. The van der Waals surface area contributed by atoms with E-state index in [-0.39, 0.29) is 29.8 Å². The normalized spacial score (nSPS) is 16.0. The lowest BCUT2D eigenvalue weighted by Gasteiger charge is -2.30. The Morgan fingerprint density at radius 1 is 1.11 bits per heavy atom. The molecular weight excluding hydrogens is 390 g/mol. The Morgan fingerprint density at radius 2 is 1.82 bits per heavy atom. The fraction of sp³-hybridized carbons (Fsp3) is 0.316. The Morgan fingerprint density at radius 3 is 2.46 bits per heavy atom. The van der Waals surface area contributed by atoms with Crippen molar-refractivity contribution < 1.29 is 26.7 Å². The molecule has 1 aliphatic rings. The van der Waals surface area contributed by atoms with Gasteiger partial charge in [-0.3, -0.25) is 4.79 Å². The molecule has 28 heavy (non-hydrogen) atoms. The summed E-state index contributed by atoms with van der Waals surface area (Å²) in [6, 6.07) is 9.45. The number of rotatable bonds is 5. The summed E-state index contributed by atoms with van der Waals surface area (Å²) in [6.45, 7) is 0.245. The fourth-order valence-electron chi connectivity index (χ4n) is 3.09. The maximum atomic E-state index is 13.4. The second-order valence-electron chi connectivity index (χ2n) is 6.48. The third-order valence-electron chi connectivity index (χ3n) is 4.69. The molecule has 1 amide bonds. The zero-order valence-electron chi connectivity index (χ0n) is 15.2. The van der Waals surface area contributed by atoms with Crippen LogP contribution < -0.4 is 10.1 Å². The molecule has 0 bridgehead atoms. The van der Waals surface area contributed by atoms with E-state index in [4.69, 9.17) is 4.74 Å². The van der Waals surface area contributed by atoms with Gasteiger partial charge >= 0.3 is 0 Å². The van der Waals surface area contributed by atoms with Crippen molar-refractivity contribution in [1.29, 1.82) is 0 Å². The summed E-state index contributed by atoms with van der Waals surface area (Å²) in [5, 5.41) is 2.81. The highest BCUT2D eigenvalue weighted by atomic mass is 32.2. The minimum atomic E-state index is -3.94. The van der Waals surface area contributed by atoms with E-state index in [0.717, 1.165) is 12.1 Å². The van der Waals surface area contributed by atoms with Crippen molar-refractivity contribution in [2.75, 3.05) is 25.5 Å².